The molecule has 2 N–H and O–H groups in total. The van der Waals surface area contributed by atoms with Crippen molar-refractivity contribution in [2.75, 3.05) is 5.32 Å². The van der Waals surface area contributed by atoms with Crippen LogP contribution in [0.3, 0.4) is 0 Å². The maximum Gasteiger partial charge on any atom is 0.327 e. The summed E-state index contributed by atoms with van der Waals surface area (Å²) in [4.78, 5) is 51.0. The van der Waals surface area contributed by atoms with Crippen LogP contribution in [0.2, 0.25) is 0 Å². The summed E-state index contributed by atoms with van der Waals surface area (Å²) in [7, 11) is 0. The smallest absolute Gasteiger partial charge is 0.327 e. The zero-order valence-electron chi connectivity index (χ0n) is 18.3. The molecule has 0 aliphatic rings. The number of hydrogen-bond donors (Lipinski definition) is 2. The number of aryl methyl sites for hydroxylation is 1. The molecule has 0 spiro atoms. The molecule has 2 atom stereocenters. The fourth-order valence-corrected chi connectivity index (χ4v) is 3.15. The number of ether oxygens (including phenoxy) is 2. The van der Waals surface area contributed by atoms with Gasteiger partial charge in [-0.05, 0) is 48.4 Å². The van der Waals surface area contributed by atoms with E-state index in [2.05, 4.69) is 5.32 Å². The largest absolute Gasteiger partial charge is 0.481 e. The van der Waals surface area contributed by atoms with E-state index in [1.165, 1.54) is 24.3 Å². The molecule has 2 unspecified atom stereocenters. The molecule has 0 aliphatic carbocycles. The topological polar surface area (TPSA) is 119 Å². The van der Waals surface area contributed by atoms with Crippen molar-refractivity contribution in [2.45, 2.75) is 13.3 Å². The Bertz CT molecular complexity index is 1140. The van der Waals surface area contributed by atoms with Crippen molar-refractivity contribution in [2.24, 2.45) is 11.8 Å². The van der Waals surface area contributed by atoms with E-state index < -0.39 is 35.7 Å². The van der Waals surface area contributed by atoms with Crippen LogP contribution in [0.25, 0.3) is 0 Å². The number of nitrogens with one attached hydrogen (secondary N) is 1. The van der Waals surface area contributed by atoms with E-state index in [-0.39, 0.29) is 11.5 Å². The number of aliphatic carboxylic acids is 1. The van der Waals surface area contributed by atoms with Crippen LogP contribution in [0.1, 0.15) is 12.5 Å². The Labute approximate surface area is 196 Å². The summed E-state index contributed by atoms with van der Waals surface area (Å²) in [6.07, 6.45) is 0.784. The molecule has 0 fully saturated rings. The average molecular weight is 461 g/mol. The second kappa shape index (κ2) is 11.4. The summed E-state index contributed by atoms with van der Waals surface area (Å²) >= 11 is 0. The van der Waals surface area contributed by atoms with E-state index in [1.807, 2.05) is 6.92 Å². The standard InChI is InChI=1S/C26H23NO7/c1-2-17-13-15-18(16-14-17)27-23(28)21(25(31)33-19-9-5-3-6-10-19)22(24(29)30)26(32)34-20-11-7-4-8-12-20/h3-16,21-22H,2H2,1H3,(H,27,28)(H,29,30). The number of rotatable bonds is 9. The molecule has 8 nitrogen and oxygen atoms in total. The number of esters is 2. The van der Waals surface area contributed by atoms with E-state index in [4.69, 9.17) is 9.47 Å². The lowest BCUT2D eigenvalue weighted by Gasteiger charge is -2.21. The first-order valence-electron chi connectivity index (χ1n) is 10.5. The third-order valence-corrected chi connectivity index (χ3v) is 4.94. The van der Waals surface area contributed by atoms with Crippen LogP contribution < -0.4 is 14.8 Å². The molecule has 0 aromatic heterocycles. The number of carbonyl (C=O) groups is 4. The highest BCUT2D eigenvalue weighted by atomic mass is 16.5. The van der Waals surface area contributed by atoms with E-state index in [1.54, 1.807) is 60.7 Å². The third-order valence-electron chi connectivity index (χ3n) is 4.94. The molecular formula is C26H23NO7. The maximum absolute atomic E-state index is 13.1. The number of anilines is 1. The van der Waals surface area contributed by atoms with Gasteiger partial charge < -0.3 is 19.9 Å². The number of carboxylic acids is 1. The van der Waals surface area contributed by atoms with Crippen molar-refractivity contribution in [1.29, 1.82) is 0 Å². The predicted octanol–water partition coefficient (Wildman–Crippen LogP) is 3.72. The SMILES string of the molecule is CCc1ccc(NC(=O)C(C(=O)Oc2ccccc2)C(C(=O)O)C(=O)Oc2ccccc2)cc1. The monoisotopic (exact) mass is 461 g/mol. The molecule has 1 amide bonds. The van der Waals surface area contributed by atoms with Gasteiger partial charge in [-0.25, -0.2) is 0 Å². The Kier molecular flexibility index (Phi) is 8.12. The van der Waals surface area contributed by atoms with Gasteiger partial charge in [0.15, 0.2) is 11.8 Å². The molecule has 0 heterocycles. The highest BCUT2D eigenvalue weighted by molar-refractivity contribution is 6.12. The van der Waals surface area contributed by atoms with Gasteiger partial charge in [0, 0.05) is 5.69 Å². The Morgan fingerprint density at radius 1 is 0.735 bits per heavy atom. The van der Waals surface area contributed by atoms with Gasteiger partial charge in [-0.2, -0.15) is 0 Å². The Balaban J connectivity index is 1.91. The van der Waals surface area contributed by atoms with Crippen LogP contribution in [0, 0.1) is 11.8 Å². The molecule has 0 saturated heterocycles. The quantitative estimate of drug-likeness (QED) is 0.283. The van der Waals surface area contributed by atoms with Crippen molar-refractivity contribution in [3.8, 4) is 11.5 Å². The fraction of sp³-hybridized carbons (Fsp3) is 0.154. The molecule has 3 rings (SSSR count). The summed E-state index contributed by atoms with van der Waals surface area (Å²) in [6, 6.07) is 22.4. The first kappa shape index (κ1) is 24.2. The van der Waals surface area contributed by atoms with Crippen LogP contribution in [-0.4, -0.2) is 28.9 Å². The van der Waals surface area contributed by atoms with Gasteiger partial charge in [-0.15, -0.1) is 0 Å². The van der Waals surface area contributed by atoms with Crippen LogP contribution in [-0.2, 0) is 25.6 Å². The fourth-order valence-electron chi connectivity index (χ4n) is 3.15. The van der Waals surface area contributed by atoms with Crippen LogP contribution in [0.5, 0.6) is 11.5 Å². The predicted molar refractivity (Wildman–Crippen MR) is 123 cm³/mol. The summed E-state index contributed by atoms with van der Waals surface area (Å²) in [5.41, 5.74) is 1.35. The maximum atomic E-state index is 13.1. The minimum atomic E-state index is -2.15. The lowest BCUT2D eigenvalue weighted by molar-refractivity contribution is -0.164. The number of hydrogen-bond acceptors (Lipinski definition) is 6. The summed E-state index contributed by atoms with van der Waals surface area (Å²) in [6.45, 7) is 1.97. The van der Waals surface area contributed by atoms with E-state index in [0.29, 0.717) is 5.69 Å². The highest BCUT2D eigenvalue weighted by Crippen LogP contribution is 2.23. The minimum absolute atomic E-state index is 0.0736. The van der Waals surface area contributed by atoms with Crippen molar-refractivity contribution >= 4 is 29.5 Å². The molecule has 0 aliphatic heterocycles. The number of amides is 1. The van der Waals surface area contributed by atoms with Crippen molar-refractivity contribution in [3.05, 3.63) is 90.5 Å². The van der Waals surface area contributed by atoms with Gasteiger partial charge in [0.25, 0.3) is 0 Å². The lowest BCUT2D eigenvalue weighted by atomic mass is 9.91. The molecule has 3 aromatic carbocycles. The van der Waals surface area contributed by atoms with Gasteiger partial charge in [0.05, 0.1) is 0 Å². The third kappa shape index (κ3) is 6.29. The molecular weight excluding hydrogens is 438 g/mol. The first-order chi connectivity index (χ1) is 16.4. The minimum Gasteiger partial charge on any atom is -0.481 e. The van der Waals surface area contributed by atoms with Crippen molar-refractivity contribution in [3.63, 3.8) is 0 Å². The molecule has 34 heavy (non-hydrogen) atoms. The van der Waals surface area contributed by atoms with E-state index in [9.17, 15) is 24.3 Å². The van der Waals surface area contributed by atoms with Gasteiger partial charge in [0.2, 0.25) is 5.91 Å². The average Bonchev–Trinajstić information content (AvgIpc) is 2.83. The molecule has 8 heteroatoms. The Morgan fingerprint density at radius 2 is 1.21 bits per heavy atom. The van der Waals surface area contributed by atoms with Crippen LogP contribution in [0.15, 0.2) is 84.9 Å². The summed E-state index contributed by atoms with van der Waals surface area (Å²) in [5, 5.41) is 12.3. The second-order valence-corrected chi connectivity index (χ2v) is 7.30. The highest BCUT2D eigenvalue weighted by Gasteiger charge is 2.47. The number of carboxylic acid groups (broad SMARTS) is 1. The first-order valence-corrected chi connectivity index (χ1v) is 10.5. The van der Waals surface area contributed by atoms with Crippen LogP contribution >= 0.6 is 0 Å². The zero-order chi connectivity index (χ0) is 24.5. The van der Waals surface area contributed by atoms with Gasteiger partial charge in [0.1, 0.15) is 11.5 Å². The molecule has 3 aromatic rings. The number of para-hydroxylation sites is 2. The van der Waals surface area contributed by atoms with Gasteiger partial charge in [-0.1, -0.05) is 55.5 Å². The van der Waals surface area contributed by atoms with Gasteiger partial charge >= 0.3 is 17.9 Å². The molecule has 0 bridgehead atoms. The van der Waals surface area contributed by atoms with E-state index in [0.717, 1.165) is 12.0 Å². The summed E-state index contributed by atoms with van der Waals surface area (Å²) in [5.74, 6) is -9.18. The molecule has 0 saturated carbocycles. The zero-order valence-corrected chi connectivity index (χ0v) is 18.3. The molecule has 174 valence electrons. The molecule has 0 radical (unpaired) electrons. The van der Waals surface area contributed by atoms with Crippen LogP contribution in [0.4, 0.5) is 5.69 Å². The lowest BCUT2D eigenvalue weighted by Crippen LogP contribution is -2.46. The Morgan fingerprint density at radius 3 is 1.65 bits per heavy atom. The number of benzene rings is 3. The normalized spacial score (nSPS) is 12.1. The van der Waals surface area contributed by atoms with Gasteiger partial charge in [-0.3, -0.25) is 19.2 Å². The second-order valence-electron chi connectivity index (χ2n) is 7.30. The number of carbonyl (C=O) groups excluding carboxylic acids is 3. The summed E-state index contributed by atoms with van der Waals surface area (Å²) < 4.78 is 10.4. The van der Waals surface area contributed by atoms with E-state index >= 15 is 0 Å². The van der Waals surface area contributed by atoms with Crippen molar-refractivity contribution < 1.29 is 33.8 Å². The Hall–Kier alpha value is -4.46. The van der Waals surface area contributed by atoms with Crippen molar-refractivity contribution in [1.82, 2.24) is 0 Å².